The van der Waals surface area contributed by atoms with E-state index in [4.69, 9.17) is 13.7 Å². The summed E-state index contributed by atoms with van der Waals surface area (Å²) >= 11 is 0. The van der Waals surface area contributed by atoms with Crippen LogP contribution in [-0.2, 0) is 14.3 Å². The summed E-state index contributed by atoms with van der Waals surface area (Å²) in [5, 5.41) is 10.7. The van der Waals surface area contributed by atoms with Crippen LogP contribution in [0.4, 0.5) is 5.69 Å². The highest BCUT2D eigenvalue weighted by molar-refractivity contribution is 7.86. The molecule has 2 aromatic carbocycles. The standard InChI is InChI=1S/C16H17NO7S/c1-12-3-6-14(7-4-12)25(20,21)24-10-9-23-15-8-5-13(17(18)19)11-16(15)22-2/h3-8,11H,9-10H2,1-2H3. The number of nitrogens with zero attached hydrogens (tertiary/aromatic N) is 1. The fourth-order valence-electron chi connectivity index (χ4n) is 1.96. The Morgan fingerprint density at radius 3 is 2.32 bits per heavy atom. The second-order valence-electron chi connectivity index (χ2n) is 5.03. The molecule has 134 valence electrons. The summed E-state index contributed by atoms with van der Waals surface area (Å²) in [6.45, 7) is 1.57. The van der Waals surface area contributed by atoms with Crippen molar-refractivity contribution in [2.45, 2.75) is 11.8 Å². The molecule has 25 heavy (non-hydrogen) atoms. The van der Waals surface area contributed by atoms with Gasteiger partial charge in [-0.2, -0.15) is 8.42 Å². The molecule has 0 spiro atoms. The van der Waals surface area contributed by atoms with Gasteiger partial charge < -0.3 is 9.47 Å². The fourth-order valence-corrected chi connectivity index (χ4v) is 2.85. The van der Waals surface area contributed by atoms with Crippen molar-refractivity contribution in [3.05, 3.63) is 58.1 Å². The summed E-state index contributed by atoms with van der Waals surface area (Å²) < 4.78 is 39.4. The zero-order valence-electron chi connectivity index (χ0n) is 13.7. The van der Waals surface area contributed by atoms with Gasteiger partial charge in [-0.25, -0.2) is 0 Å². The first kappa shape index (κ1) is 18.7. The van der Waals surface area contributed by atoms with Gasteiger partial charge in [0.05, 0.1) is 23.0 Å². The van der Waals surface area contributed by atoms with Crippen LogP contribution >= 0.6 is 0 Å². The predicted molar refractivity (Wildman–Crippen MR) is 89.5 cm³/mol. The van der Waals surface area contributed by atoms with Gasteiger partial charge in [-0.05, 0) is 25.1 Å². The normalized spacial score (nSPS) is 11.1. The molecule has 2 aromatic rings. The van der Waals surface area contributed by atoms with Crippen LogP contribution < -0.4 is 9.47 Å². The quantitative estimate of drug-likeness (QED) is 0.306. The first-order valence-electron chi connectivity index (χ1n) is 7.25. The van der Waals surface area contributed by atoms with Crippen LogP contribution in [0.1, 0.15) is 5.56 Å². The van der Waals surface area contributed by atoms with E-state index in [1.165, 1.54) is 37.4 Å². The van der Waals surface area contributed by atoms with Gasteiger partial charge in [0.2, 0.25) is 0 Å². The second kappa shape index (κ2) is 7.95. The zero-order valence-corrected chi connectivity index (χ0v) is 14.5. The molecule has 0 heterocycles. The minimum Gasteiger partial charge on any atom is -0.493 e. The van der Waals surface area contributed by atoms with Crippen molar-refractivity contribution < 1.29 is 27.0 Å². The van der Waals surface area contributed by atoms with Crippen LogP contribution in [0.15, 0.2) is 47.4 Å². The minimum atomic E-state index is -3.87. The Morgan fingerprint density at radius 1 is 1.04 bits per heavy atom. The third kappa shape index (κ3) is 4.91. The van der Waals surface area contributed by atoms with Gasteiger partial charge in [-0.15, -0.1) is 0 Å². The van der Waals surface area contributed by atoms with Gasteiger partial charge >= 0.3 is 0 Å². The van der Waals surface area contributed by atoms with Crippen LogP contribution in [0.3, 0.4) is 0 Å². The maximum absolute atomic E-state index is 12.0. The number of methoxy groups -OCH3 is 1. The third-order valence-corrected chi connectivity index (χ3v) is 4.57. The highest BCUT2D eigenvalue weighted by Crippen LogP contribution is 2.31. The van der Waals surface area contributed by atoms with Crippen molar-refractivity contribution in [1.82, 2.24) is 0 Å². The smallest absolute Gasteiger partial charge is 0.297 e. The molecule has 0 aliphatic rings. The van der Waals surface area contributed by atoms with E-state index in [-0.39, 0.29) is 35.3 Å². The highest BCUT2D eigenvalue weighted by Gasteiger charge is 2.16. The number of non-ortho nitro benzene ring substituents is 1. The number of aryl methyl sites for hydroxylation is 1. The topological polar surface area (TPSA) is 105 Å². The molecule has 0 aromatic heterocycles. The number of benzene rings is 2. The Labute approximate surface area is 145 Å². The summed E-state index contributed by atoms with van der Waals surface area (Å²) in [7, 11) is -2.51. The van der Waals surface area contributed by atoms with E-state index in [2.05, 4.69) is 0 Å². The van der Waals surface area contributed by atoms with E-state index < -0.39 is 15.0 Å². The molecular weight excluding hydrogens is 350 g/mol. The lowest BCUT2D eigenvalue weighted by atomic mass is 10.2. The lowest BCUT2D eigenvalue weighted by molar-refractivity contribution is -0.384. The SMILES string of the molecule is COc1cc([N+](=O)[O-])ccc1OCCOS(=O)(=O)c1ccc(C)cc1. The molecular formula is C16H17NO7S. The first-order valence-corrected chi connectivity index (χ1v) is 8.65. The van der Waals surface area contributed by atoms with Gasteiger partial charge in [0, 0.05) is 6.07 Å². The van der Waals surface area contributed by atoms with Crippen LogP contribution in [0.2, 0.25) is 0 Å². The van der Waals surface area contributed by atoms with Crippen LogP contribution in [0.5, 0.6) is 11.5 Å². The fraction of sp³-hybridized carbons (Fsp3) is 0.250. The van der Waals surface area contributed by atoms with Crippen molar-refractivity contribution in [1.29, 1.82) is 0 Å². The molecule has 0 amide bonds. The van der Waals surface area contributed by atoms with Crippen LogP contribution in [0.25, 0.3) is 0 Å². The highest BCUT2D eigenvalue weighted by atomic mass is 32.2. The van der Waals surface area contributed by atoms with E-state index in [0.29, 0.717) is 0 Å². The molecule has 9 heteroatoms. The Balaban J connectivity index is 1.94. The summed E-state index contributed by atoms with van der Waals surface area (Å²) in [5.74, 6) is 0.431. The number of hydrogen-bond acceptors (Lipinski definition) is 7. The molecule has 0 aliphatic heterocycles. The summed E-state index contributed by atoms with van der Waals surface area (Å²) in [6, 6.07) is 10.1. The summed E-state index contributed by atoms with van der Waals surface area (Å²) in [6.07, 6.45) is 0. The molecule has 0 saturated heterocycles. The monoisotopic (exact) mass is 367 g/mol. The number of rotatable bonds is 8. The van der Waals surface area contributed by atoms with Crippen LogP contribution in [-0.4, -0.2) is 33.7 Å². The molecule has 0 aliphatic carbocycles. The van der Waals surface area contributed by atoms with E-state index in [1.54, 1.807) is 12.1 Å². The molecule has 2 rings (SSSR count). The number of nitro groups is 1. The van der Waals surface area contributed by atoms with Crippen molar-refractivity contribution in [3.63, 3.8) is 0 Å². The zero-order chi connectivity index (χ0) is 18.4. The van der Waals surface area contributed by atoms with E-state index in [1.807, 2.05) is 6.92 Å². The van der Waals surface area contributed by atoms with Gasteiger partial charge in [0.1, 0.15) is 13.2 Å². The van der Waals surface area contributed by atoms with Crippen LogP contribution in [0, 0.1) is 17.0 Å². The van der Waals surface area contributed by atoms with Gasteiger partial charge in [0.25, 0.3) is 15.8 Å². The summed E-state index contributed by atoms with van der Waals surface area (Å²) in [5.41, 5.74) is 0.801. The molecule has 0 atom stereocenters. The average molecular weight is 367 g/mol. The Hall–Kier alpha value is -2.65. The largest absolute Gasteiger partial charge is 0.493 e. The van der Waals surface area contributed by atoms with Crippen molar-refractivity contribution in [2.75, 3.05) is 20.3 Å². The van der Waals surface area contributed by atoms with E-state index in [0.717, 1.165) is 5.56 Å². The van der Waals surface area contributed by atoms with Gasteiger partial charge in [-0.3, -0.25) is 14.3 Å². The molecule has 8 nitrogen and oxygen atoms in total. The Bertz CT molecular complexity index is 847. The van der Waals surface area contributed by atoms with Crippen molar-refractivity contribution in [2.24, 2.45) is 0 Å². The molecule has 0 unspecified atom stereocenters. The van der Waals surface area contributed by atoms with Crippen molar-refractivity contribution in [3.8, 4) is 11.5 Å². The molecule has 0 N–H and O–H groups in total. The predicted octanol–water partition coefficient (Wildman–Crippen LogP) is 2.70. The first-order chi connectivity index (χ1) is 11.8. The lowest BCUT2D eigenvalue weighted by Gasteiger charge is -2.11. The number of nitro benzene ring substituents is 1. The number of ether oxygens (including phenoxy) is 2. The Kier molecular flexibility index (Phi) is 5.94. The second-order valence-corrected chi connectivity index (χ2v) is 6.65. The van der Waals surface area contributed by atoms with E-state index in [9.17, 15) is 18.5 Å². The molecule has 0 radical (unpaired) electrons. The maximum Gasteiger partial charge on any atom is 0.297 e. The molecule has 0 saturated carbocycles. The lowest BCUT2D eigenvalue weighted by Crippen LogP contribution is -2.13. The molecule has 0 fully saturated rings. The van der Waals surface area contributed by atoms with Gasteiger partial charge in [0.15, 0.2) is 11.5 Å². The average Bonchev–Trinajstić information content (AvgIpc) is 2.59. The third-order valence-electron chi connectivity index (χ3n) is 3.25. The van der Waals surface area contributed by atoms with Gasteiger partial charge in [-0.1, -0.05) is 17.7 Å². The maximum atomic E-state index is 12.0. The summed E-state index contributed by atoms with van der Waals surface area (Å²) in [4.78, 5) is 10.2. The Morgan fingerprint density at radius 2 is 1.72 bits per heavy atom. The van der Waals surface area contributed by atoms with Crippen molar-refractivity contribution >= 4 is 15.8 Å². The van der Waals surface area contributed by atoms with E-state index >= 15 is 0 Å². The molecule has 0 bridgehead atoms. The minimum absolute atomic E-state index is 0.0611. The number of hydrogen-bond donors (Lipinski definition) is 0.